The minimum absolute atomic E-state index is 0.277. The number of rotatable bonds is 6. The standard InChI is InChI=1S/C14H19N3O/c1-2-14(18)11-15-10-12-8-9-17(16-12)13-6-4-3-5-7-13/h3-9,14-15,18H,2,10-11H2,1H3. The van der Waals surface area contributed by atoms with E-state index in [-0.39, 0.29) is 6.10 Å². The molecule has 0 spiro atoms. The quantitative estimate of drug-likeness (QED) is 0.815. The molecule has 0 aliphatic rings. The van der Waals surface area contributed by atoms with Crippen LogP contribution >= 0.6 is 0 Å². The minimum Gasteiger partial charge on any atom is -0.392 e. The van der Waals surface area contributed by atoms with Crippen LogP contribution in [-0.2, 0) is 6.54 Å². The van der Waals surface area contributed by atoms with Gasteiger partial charge in [-0.15, -0.1) is 0 Å². The molecule has 2 rings (SSSR count). The Balaban J connectivity index is 1.91. The lowest BCUT2D eigenvalue weighted by molar-refractivity contribution is 0.167. The van der Waals surface area contributed by atoms with E-state index in [9.17, 15) is 5.11 Å². The normalized spacial score (nSPS) is 12.6. The fourth-order valence-corrected chi connectivity index (χ4v) is 1.69. The Morgan fingerprint density at radius 2 is 2.06 bits per heavy atom. The number of nitrogens with one attached hydrogen (secondary N) is 1. The van der Waals surface area contributed by atoms with E-state index in [1.807, 2.05) is 54.2 Å². The second-order valence-corrected chi connectivity index (χ2v) is 4.28. The highest BCUT2D eigenvalue weighted by atomic mass is 16.3. The second kappa shape index (κ2) is 6.33. The third-order valence-corrected chi connectivity index (χ3v) is 2.82. The highest BCUT2D eigenvalue weighted by Gasteiger charge is 2.02. The van der Waals surface area contributed by atoms with Gasteiger partial charge in [0.05, 0.1) is 17.5 Å². The third kappa shape index (κ3) is 3.42. The lowest BCUT2D eigenvalue weighted by atomic mass is 10.3. The van der Waals surface area contributed by atoms with E-state index < -0.39 is 0 Å². The van der Waals surface area contributed by atoms with E-state index in [2.05, 4.69) is 10.4 Å². The SMILES string of the molecule is CCC(O)CNCc1ccn(-c2ccccc2)n1. The van der Waals surface area contributed by atoms with E-state index >= 15 is 0 Å². The van der Waals surface area contributed by atoms with Crippen molar-refractivity contribution < 1.29 is 5.11 Å². The molecule has 2 aromatic rings. The molecule has 1 aromatic heterocycles. The van der Waals surface area contributed by atoms with Crippen LogP contribution in [0.25, 0.3) is 5.69 Å². The molecule has 1 atom stereocenters. The first-order valence-electron chi connectivity index (χ1n) is 6.28. The molecule has 0 fully saturated rings. The molecule has 0 bridgehead atoms. The molecule has 1 aromatic carbocycles. The van der Waals surface area contributed by atoms with Crippen LogP contribution in [0.3, 0.4) is 0 Å². The van der Waals surface area contributed by atoms with Crippen LogP contribution in [0.2, 0.25) is 0 Å². The molecule has 0 amide bonds. The number of aromatic nitrogens is 2. The van der Waals surface area contributed by atoms with Gasteiger partial charge in [0.1, 0.15) is 0 Å². The summed E-state index contributed by atoms with van der Waals surface area (Å²) >= 11 is 0. The van der Waals surface area contributed by atoms with Crippen molar-refractivity contribution in [3.63, 3.8) is 0 Å². The maximum atomic E-state index is 9.43. The topological polar surface area (TPSA) is 50.1 Å². The summed E-state index contributed by atoms with van der Waals surface area (Å²) in [6.45, 7) is 3.25. The fraction of sp³-hybridized carbons (Fsp3) is 0.357. The largest absolute Gasteiger partial charge is 0.392 e. The zero-order chi connectivity index (χ0) is 12.8. The van der Waals surface area contributed by atoms with Gasteiger partial charge in [0.2, 0.25) is 0 Å². The molecular weight excluding hydrogens is 226 g/mol. The lowest BCUT2D eigenvalue weighted by Gasteiger charge is -2.07. The molecule has 0 radical (unpaired) electrons. The molecule has 0 aliphatic heterocycles. The zero-order valence-corrected chi connectivity index (χ0v) is 10.6. The van der Waals surface area contributed by atoms with Gasteiger partial charge in [-0.1, -0.05) is 25.1 Å². The Hall–Kier alpha value is -1.65. The van der Waals surface area contributed by atoms with Crippen molar-refractivity contribution in [3.05, 3.63) is 48.3 Å². The van der Waals surface area contributed by atoms with E-state index in [0.717, 1.165) is 17.8 Å². The number of aliphatic hydroxyl groups excluding tert-OH is 1. The van der Waals surface area contributed by atoms with Gasteiger partial charge < -0.3 is 10.4 Å². The van der Waals surface area contributed by atoms with Crippen LogP contribution < -0.4 is 5.32 Å². The molecule has 0 saturated carbocycles. The van der Waals surface area contributed by atoms with Crippen molar-refractivity contribution in [1.29, 1.82) is 0 Å². The highest BCUT2D eigenvalue weighted by molar-refractivity contribution is 5.30. The van der Waals surface area contributed by atoms with Gasteiger partial charge >= 0.3 is 0 Å². The average molecular weight is 245 g/mol. The number of hydrogen-bond acceptors (Lipinski definition) is 3. The van der Waals surface area contributed by atoms with Crippen molar-refractivity contribution in [2.24, 2.45) is 0 Å². The van der Waals surface area contributed by atoms with Crippen LogP contribution in [0.4, 0.5) is 0 Å². The Kier molecular flexibility index (Phi) is 4.50. The number of benzene rings is 1. The van der Waals surface area contributed by atoms with Crippen molar-refractivity contribution in [2.75, 3.05) is 6.54 Å². The summed E-state index contributed by atoms with van der Waals surface area (Å²) in [6.07, 6.45) is 2.44. The number of para-hydroxylation sites is 1. The average Bonchev–Trinajstić information content (AvgIpc) is 2.88. The van der Waals surface area contributed by atoms with Gasteiger partial charge in [-0.05, 0) is 24.6 Å². The predicted octanol–water partition coefficient (Wildman–Crippen LogP) is 1.73. The summed E-state index contributed by atoms with van der Waals surface area (Å²) in [4.78, 5) is 0. The zero-order valence-electron chi connectivity index (χ0n) is 10.6. The summed E-state index contributed by atoms with van der Waals surface area (Å²) in [5.41, 5.74) is 2.03. The van der Waals surface area contributed by atoms with Gasteiger partial charge in [0.15, 0.2) is 0 Å². The van der Waals surface area contributed by atoms with Gasteiger partial charge in [-0.25, -0.2) is 4.68 Å². The first kappa shape index (κ1) is 12.8. The number of nitrogens with zero attached hydrogens (tertiary/aromatic N) is 2. The molecule has 1 heterocycles. The molecule has 96 valence electrons. The van der Waals surface area contributed by atoms with Crippen LogP contribution in [0, 0.1) is 0 Å². The van der Waals surface area contributed by atoms with E-state index in [4.69, 9.17) is 0 Å². The maximum Gasteiger partial charge on any atom is 0.0766 e. The molecule has 0 saturated heterocycles. The third-order valence-electron chi connectivity index (χ3n) is 2.82. The van der Waals surface area contributed by atoms with Gasteiger partial charge in [-0.2, -0.15) is 5.10 Å². The second-order valence-electron chi connectivity index (χ2n) is 4.28. The summed E-state index contributed by atoms with van der Waals surface area (Å²) in [7, 11) is 0. The van der Waals surface area contributed by atoms with Crippen molar-refractivity contribution >= 4 is 0 Å². The van der Waals surface area contributed by atoms with Crippen LogP contribution in [-0.4, -0.2) is 27.5 Å². The molecule has 4 heteroatoms. The molecule has 2 N–H and O–H groups in total. The first-order chi connectivity index (χ1) is 8.79. The Morgan fingerprint density at radius 3 is 2.78 bits per heavy atom. The monoisotopic (exact) mass is 245 g/mol. The van der Waals surface area contributed by atoms with E-state index in [1.165, 1.54) is 0 Å². The Bertz CT molecular complexity index is 467. The van der Waals surface area contributed by atoms with Crippen LogP contribution in [0.5, 0.6) is 0 Å². The summed E-state index contributed by atoms with van der Waals surface area (Å²) in [6, 6.07) is 12.0. The van der Waals surface area contributed by atoms with E-state index in [0.29, 0.717) is 13.1 Å². The minimum atomic E-state index is -0.277. The van der Waals surface area contributed by atoms with Gasteiger partial charge in [0, 0.05) is 19.3 Å². The molecule has 18 heavy (non-hydrogen) atoms. The fourth-order valence-electron chi connectivity index (χ4n) is 1.69. The molecule has 4 nitrogen and oxygen atoms in total. The Labute approximate surface area is 107 Å². The van der Waals surface area contributed by atoms with Crippen molar-refractivity contribution in [3.8, 4) is 5.69 Å². The number of hydrogen-bond donors (Lipinski definition) is 2. The highest BCUT2D eigenvalue weighted by Crippen LogP contribution is 2.06. The first-order valence-corrected chi connectivity index (χ1v) is 6.28. The summed E-state index contributed by atoms with van der Waals surface area (Å²) in [5.74, 6) is 0. The van der Waals surface area contributed by atoms with Crippen molar-refractivity contribution in [2.45, 2.75) is 26.0 Å². The lowest BCUT2D eigenvalue weighted by Crippen LogP contribution is -2.25. The van der Waals surface area contributed by atoms with Crippen LogP contribution in [0.15, 0.2) is 42.6 Å². The van der Waals surface area contributed by atoms with Crippen molar-refractivity contribution in [1.82, 2.24) is 15.1 Å². The molecular formula is C14H19N3O. The van der Waals surface area contributed by atoms with E-state index in [1.54, 1.807) is 0 Å². The summed E-state index contributed by atoms with van der Waals surface area (Å²) < 4.78 is 1.85. The molecule has 1 unspecified atom stereocenters. The smallest absolute Gasteiger partial charge is 0.0766 e. The Morgan fingerprint density at radius 1 is 1.28 bits per heavy atom. The molecule has 0 aliphatic carbocycles. The number of aliphatic hydroxyl groups is 1. The van der Waals surface area contributed by atoms with Gasteiger partial charge in [0.25, 0.3) is 0 Å². The van der Waals surface area contributed by atoms with Gasteiger partial charge in [-0.3, -0.25) is 0 Å². The predicted molar refractivity (Wildman–Crippen MR) is 71.6 cm³/mol. The maximum absolute atomic E-state index is 9.43. The van der Waals surface area contributed by atoms with Crippen LogP contribution in [0.1, 0.15) is 19.0 Å². The summed E-state index contributed by atoms with van der Waals surface area (Å²) in [5, 5.41) is 17.1.